The third kappa shape index (κ3) is 3.34. The molecule has 0 aliphatic heterocycles. The number of hydrogen-bond acceptors (Lipinski definition) is 4. The zero-order valence-electron chi connectivity index (χ0n) is 12.7. The van der Waals surface area contributed by atoms with Gasteiger partial charge in [-0.1, -0.05) is 12.1 Å². The zero-order chi connectivity index (χ0) is 16.4. The van der Waals surface area contributed by atoms with Crippen LogP contribution in [0.5, 0.6) is 0 Å². The second-order valence-corrected chi connectivity index (χ2v) is 5.87. The Morgan fingerprint density at radius 1 is 1.30 bits per heavy atom. The lowest BCUT2D eigenvalue weighted by Crippen LogP contribution is -2.41. The van der Waals surface area contributed by atoms with Gasteiger partial charge >= 0.3 is 5.69 Å². The van der Waals surface area contributed by atoms with Crippen LogP contribution in [0.3, 0.4) is 0 Å². The normalized spacial score (nSPS) is 14.1. The number of para-hydroxylation sites is 1. The maximum atomic E-state index is 12.5. The van der Waals surface area contributed by atoms with Gasteiger partial charge in [0.2, 0.25) is 5.91 Å². The van der Waals surface area contributed by atoms with E-state index < -0.39 is 11.2 Å². The van der Waals surface area contributed by atoms with E-state index in [1.165, 1.54) is 4.57 Å². The maximum Gasteiger partial charge on any atom is 0.329 e. The summed E-state index contributed by atoms with van der Waals surface area (Å²) in [6.45, 7) is 0.601. The van der Waals surface area contributed by atoms with Gasteiger partial charge in [0.15, 0.2) is 0 Å². The number of hydrogen-bond donors (Lipinski definition) is 2. The Morgan fingerprint density at radius 3 is 2.74 bits per heavy atom. The molecule has 0 atom stereocenters. The number of carbonyl (C=O) groups is 1. The number of rotatable bonds is 6. The molecule has 0 spiro atoms. The summed E-state index contributed by atoms with van der Waals surface area (Å²) < 4.78 is 1.27. The topological polar surface area (TPSA) is 95.4 Å². The van der Waals surface area contributed by atoms with Crippen molar-refractivity contribution < 1.29 is 9.90 Å². The van der Waals surface area contributed by atoms with Gasteiger partial charge in [0.1, 0.15) is 6.54 Å². The van der Waals surface area contributed by atoms with Crippen molar-refractivity contribution in [2.24, 2.45) is 5.92 Å². The summed E-state index contributed by atoms with van der Waals surface area (Å²) in [5.41, 5.74) is -0.623. The number of nitrogens with one attached hydrogen (secondary N) is 1. The highest BCUT2D eigenvalue weighted by molar-refractivity contribution is 5.81. The number of benzene rings is 1. The zero-order valence-corrected chi connectivity index (χ0v) is 12.7. The highest BCUT2D eigenvalue weighted by Gasteiger charge is 2.26. The van der Waals surface area contributed by atoms with Crippen molar-refractivity contribution in [1.82, 2.24) is 14.5 Å². The molecule has 7 nitrogen and oxygen atoms in total. The summed E-state index contributed by atoms with van der Waals surface area (Å²) in [6.07, 6.45) is 2.19. The number of aliphatic hydroxyl groups is 1. The number of nitrogens with zero attached hydrogens (tertiary/aromatic N) is 2. The summed E-state index contributed by atoms with van der Waals surface area (Å²) in [5, 5.41) is 9.51. The van der Waals surface area contributed by atoms with Crippen LogP contribution in [0.25, 0.3) is 10.9 Å². The van der Waals surface area contributed by atoms with Crippen LogP contribution in [0.15, 0.2) is 33.9 Å². The van der Waals surface area contributed by atoms with Crippen LogP contribution in [-0.4, -0.2) is 45.2 Å². The second-order valence-electron chi connectivity index (χ2n) is 5.87. The van der Waals surface area contributed by atoms with E-state index in [1.54, 1.807) is 29.2 Å². The average molecular weight is 317 g/mol. The number of amides is 1. The van der Waals surface area contributed by atoms with Crippen molar-refractivity contribution in [1.29, 1.82) is 0 Å². The fourth-order valence-corrected chi connectivity index (χ4v) is 2.69. The van der Waals surface area contributed by atoms with Crippen LogP contribution >= 0.6 is 0 Å². The minimum absolute atomic E-state index is 0.111. The van der Waals surface area contributed by atoms with Gasteiger partial charge in [0, 0.05) is 13.1 Å². The van der Waals surface area contributed by atoms with E-state index in [0.717, 1.165) is 12.8 Å². The summed E-state index contributed by atoms with van der Waals surface area (Å²) in [6, 6.07) is 6.69. The molecule has 3 rings (SSSR count). The predicted molar refractivity (Wildman–Crippen MR) is 85.2 cm³/mol. The third-order valence-electron chi connectivity index (χ3n) is 4.10. The highest BCUT2D eigenvalue weighted by atomic mass is 16.3. The van der Waals surface area contributed by atoms with Gasteiger partial charge in [-0.05, 0) is 30.9 Å². The molecule has 0 bridgehead atoms. The van der Waals surface area contributed by atoms with Crippen molar-refractivity contribution >= 4 is 16.8 Å². The Labute approximate surface area is 132 Å². The number of carbonyl (C=O) groups excluding carboxylic acids is 1. The Bertz CT molecular complexity index is 835. The molecule has 122 valence electrons. The van der Waals surface area contributed by atoms with Crippen LogP contribution in [0, 0.1) is 5.92 Å². The summed E-state index contributed by atoms with van der Waals surface area (Å²) >= 11 is 0. The number of aromatic nitrogens is 2. The monoisotopic (exact) mass is 317 g/mol. The lowest BCUT2D eigenvalue weighted by molar-refractivity contribution is -0.132. The van der Waals surface area contributed by atoms with Gasteiger partial charge in [-0.25, -0.2) is 4.79 Å². The van der Waals surface area contributed by atoms with Crippen LogP contribution in [0.4, 0.5) is 0 Å². The van der Waals surface area contributed by atoms with Gasteiger partial charge < -0.3 is 10.0 Å². The van der Waals surface area contributed by atoms with Gasteiger partial charge in [0.25, 0.3) is 5.56 Å². The molecule has 0 saturated heterocycles. The molecule has 0 radical (unpaired) electrons. The molecule has 1 amide bonds. The van der Waals surface area contributed by atoms with Crippen molar-refractivity contribution in [3.63, 3.8) is 0 Å². The SMILES string of the molecule is O=C(Cn1c(=O)[nH]c(=O)c2ccccc21)N(CCO)CC1CC1. The maximum absolute atomic E-state index is 12.5. The Morgan fingerprint density at radius 2 is 2.04 bits per heavy atom. The number of fused-ring (bicyclic) bond motifs is 1. The Hall–Kier alpha value is -2.41. The van der Waals surface area contributed by atoms with Gasteiger partial charge in [-0.2, -0.15) is 0 Å². The first-order valence-electron chi connectivity index (χ1n) is 7.70. The average Bonchev–Trinajstić information content (AvgIpc) is 3.35. The van der Waals surface area contributed by atoms with Crippen LogP contribution < -0.4 is 11.2 Å². The molecule has 1 aromatic carbocycles. The molecule has 7 heteroatoms. The lowest BCUT2D eigenvalue weighted by Gasteiger charge is -2.22. The first kappa shape index (κ1) is 15.5. The van der Waals surface area contributed by atoms with E-state index in [1.807, 2.05) is 0 Å². The lowest BCUT2D eigenvalue weighted by atomic mass is 10.2. The Kier molecular flexibility index (Phi) is 4.29. The molecule has 2 aromatic rings. The summed E-state index contributed by atoms with van der Waals surface area (Å²) in [4.78, 5) is 40.3. The van der Waals surface area contributed by atoms with Gasteiger partial charge in [-0.3, -0.25) is 19.1 Å². The van der Waals surface area contributed by atoms with Gasteiger partial charge in [0.05, 0.1) is 17.5 Å². The molecule has 1 aromatic heterocycles. The second kappa shape index (κ2) is 6.37. The van der Waals surface area contributed by atoms with Crippen molar-refractivity contribution in [3.8, 4) is 0 Å². The van der Waals surface area contributed by atoms with Crippen LogP contribution in [0.1, 0.15) is 12.8 Å². The van der Waals surface area contributed by atoms with E-state index >= 15 is 0 Å². The molecule has 0 unspecified atom stereocenters. The summed E-state index contributed by atoms with van der Waals surface area (Å²) in [5.74, 6) is 0.264. The highest BCUT2D eigenvalue weighted by Crippen LogP contribution is 2.29. The van der Waals surface area contributed by atoms with E-state index in [0.29, 0.717) is 23.4 Å². The standard InChI is InChI=1S/C16H19N3O4/c20-8-7-18(9-11-5-6-11)14(21)10-19-13-4-2-1-3-12(13)15(22)17-16(19)23/h1-4,11,20H,5-10H2,(H,17,22,23). The molecule has 1 saturated carbocycles. The number of aromatic amines is 1. The molecule has 1 fully saturated rings. The van der Waals surface area contributed by atoms with Crippen molar-refractivity contribution in [2.75, 3.05) is 19.7 Å². The Balaban J connectivity index is 1.92. The first-order chi connectivity index (χ1) is 11.1. The minimum atomic E-state index is -0.600. The fraction of sp³-hybridized carbons (Fsp3) is 0.438. The van der Waals surface area contributed by atoms with Crippen LogP contribution in [-0.2, 0) is 11.3 Å². The third-order valence-corrected chi connectivity index (χ3v) is 4.10. The largest absolute Gasteiger partial charge is 0.395 e. The summed E-state index contributed by atoms with van der Waals surface area (Å²) in [7, 11) is 0. The van der Waals surface area contributed by atoms with E-state index in [9.17, 15) is 14.4 Å². The van der Waals surface area contributed by atoms with E-state index in [-0.39, 0.29) is 25.6 Å². The number of H-pyrrole nitrogens is 1. The quantitative estimate of drug-likeness (QED) is 0.779. The smallest absolute Gasteiger partial charge is 0.329 e. The van der Waals surface area contributed by atoms with Crippen molar-refractivity contribution in [3.05, 3.63) is 45.1 Å². The molecule has 1 aliphatic carbocycles. The first-order valence-corrected chi connectivity index (χ1v) is 7.70. The minimum Gasteiger partial charge on any atom is -0.395 e. The fourth-order valence-electron chi connectivity index (χ4n) is 2.69. The molecule has 1 heterocycles. The van der Waals surface area contributed by atoms with Crippen molar-refractivity contribution in [2.45, 2.75) is 19.4 Å². The van der Waals surface area contributed by atoms with E-state index in [2.05, 4.69) is 4.98 Å². The molecule has 23 heavy (non-hydrogen) atoms. The molecule has 1 aliphatic rings. The van der Waals surface area contributed by atoms with Gasteiger partial charge in [-0.15, -0.1) is 0 Å². The molecule has 2 N–H and O–H groups in total. The van der Waals surface area contributed by atoms with E-state index in [4.69, 9.17) is 5.11 Å². The predicted octanol–water partition coefficient (Wildman–Crippen LogP) is -0.0793. The van der Waals surface area contributed by atoms with Crippen LogP contribution in [0.2, 0.25) is 0 Å². The molecular formula is C16H19N3O4. The molecular weight excluding hydrogens is 298 g/mol. The number of aliphatic hydroxyl groups excluding tert-OH is 1.